The van der Waals surface area contributed by atoms with E-state index in [1.807, 2.05) is 31.2 Å². The molecular weight excluding hydrogens is 322 g/mol. The Labute approximate surface area is 145 Å². The minimum atomic E-state index is -0.641. The van der Waals surface area contributed by atoms with Crippen LogP contribution in [-0.4, -0.2) is 29.0 Å². The molecule has 2 amide bonds. The fraction of sp³-hybridized carbons (Fsp3) is 0.278. The van der Waals surface area contributed by atoms with Crippen LogP contribution in [0.3, 0.4) is 0 Å². The van der Waals surface area contributed by atoms with Gasteiger partial charge in [0, 0.05) is 29.9 Å². The van der Waals surface area contributed by atoms with Crippen molar-refractivity contribution in [2.45, 2.75) is 19.6 Å². The average molecular weight is 341 g/mol. The standard InChI is InChI=1S/C18H19N3O4/c1-13-6-2-3-9-16(13)19-18(22)20-10-5-11-25-17(20)14-7-4-8-15(12-14)21(23)24/h2-4,6-9,12,17H,5,10-11H2,1H3,(H,19,22). The SMILES string of the molecule is Cc1ccccc1NC(=O)N1CCCOC1c1cccc([N+](=O)[O-])c1. The molecular formula is C18H19N3O4. The van der Waals surface area contributed by atoms with Crippen LogP contribution in [0.25, 0.3) is 0 Å². The molecule has 2 aromatic carbocycles. The van der Waals surface area contributed by atoms with Crippen molar-refractivity contribution >= 4 is 17.4 Å². The van der Waals surface area contributed by atoms with Crippen LogP contribution in [0, 0.1) is 17.0 Å². The Bertz CT molecular complexity index is 793. The summed E-state index contributed by atoms with van der Waals surface area (Å²) in [7, 11) is 0. The summed E-state index contributed by atoms with van der Waals surface area (Å²) in [5.74, 6) is 0. The Morgan fingerprint density at radius 2 is 2.08 bits per heavy atom. The highest BCUT2D eigenvalue weighted by molar-refractivity contribution is 5.90. The topological polar surface area (TPSA) is 84.7 Å². The van der Waals surface area contributed by atoms with Crippen molar-refractivity contribution in [2.24, 2.45) is 0 Å². The van der Waals surface area contributed by atoms with E-state index in [9.17, 15) is 14.9 Å². The molecule has 0 aliphatic carbocycles. The lowest BCUT2D eigenvalue weighted by molar-refractivity contribution is -0.385. The van der Waals surface area contributed by atoms with Gasteiger partial charge >= 0.3 is 6.03 Å². The monoisotopic (exact) mass is 341 g/mol. The van der Waals surface area contributed by atoms with Crippen LogP contribution in [0.4, 0.5) is 16.2 Å². The largest absolute Gasteiger partial charge is 0.354 e. The molecule has 1 atom stereocenters. The number of hydrogen-bond acceptors (Lipinski definition) is 4. The molecule has 1 aliphatic heterocycles. The quantitative estimate of drug-likeness (QED) is 0.678. The van der Waals surface area contributed by atoms with Crippen molar-refractivity contribution in [3.8, 4) is 0 Å². The Hall–Kier alpha value is -2.93. The van der Waals surface area contributed by atoms with Gasteiger partial charge in [-0.3, -0.25) is 15.0 Å². The molecule has 2 aromatic rings. The molecule has 7 heteroatoms. The first-order valence-electron chi connectivity index (χ1n) is 8.05. The first kappa shape index (κ1) is 16.9. The first-order valence-corrected chi connectivity index (χ1v) is 8.05. The Morgan fingerprint density at radius 1 is 1.28 bits per heavy atom. The van der Waals surface area contributed by atoms with Gasteiger partial charge in [0.1, 0.15) is 0 Å². The molecule has 1 unspecified atom stereocenters. The van der Waals surface area contributed by atoms with Gasteiger partial charge < -0.3 is 10.1 Å². The summed E-state index contributed by atoms with van der Waals surface area (Å²) in [5.41, 5.74) is 2.26. The number of nitro groups is 1. The van der Waals surface area contributed by atoms with E-state index >= 15 is 0 Å². The van der Waals surface area contributed by atoms with Gasteiger partial charge in [-0.2, -0.15) is 0 Å². The van der Waals surface area contributed by atoms with Crippen LogP contribution in [0.15, 0.2) is 48.5 Å². The summed E-state index contributed by atoms with van der Waals surface area (Å²) in [4.78, 5) is 24.8. The highest BCUT2D eigenvalue weighted by Gasteiger charge is 2.30. The summed E-state index contributed by atoms with van der Waals surface area (Å²) in [6.45, 7) is 2.94. The number of amides is 2. The van der Waals surface area contributed by atoms with E-state index < -0.39 is 11.2 Å². The summed E-state index contributed by atoms with van der Waals surface area (Å²) in [5, 5.41) is 13.9. The molecule has 25 heavy (non-hydrogen) atoms. The molecule has 130 valence electrons. The third-order valence-corrected chi connectivity index (χ3v) is 4.12. The zero-order valence-corrected chi connectivity index (χ0v) is 13.8. The van der Waals surface area contributed by atoms with Gasteiger partial charge in [0.05, 0.1) is 11.5 Å². The van der Waals surface area contributed by atoms with Crippen molar-refractivity contribution in [2.75, 3.05) is 18.5 Å². The normalized spacial score (nSPS) is 17.2. The second-order valence-corrected chi connectivity index (χ2v) is 5.87. The lowest BCUT2D eigenvalue weighted by Gasteiger charge is -2.35. The zero-order chi connectivity index (χ0) is 17.8. The van der Waals surface area contributed by atoms with E-state index in [1.165, 1.54) is 12.1 Å². The number of hydrogen-bond donors (Lipinski definition) is 1. The molecule has 0 radical (unpaired) electrons. The van der Waals surface area contributed by atoms with Gasteiger partial charge in [-0.05, 0) is 25.0 Å². The van der Waals surface area contributed by atoms with Crippen molar-refractivity contribution in [1.82, 2.24) is 4.90 Å². The number of non-ortho nitro benzene ring substituents is 1. The number of para-hydroxylation sites is 1. The molecule has 1 fully saturated rings. The summed E-state index contributed by atoms with van der Waals surface area (Å²) in [6, 6.07) is 13.4. The third kappa shape index (κ3) is 3.77. The number of benzene rings is 2. The van der Waals surface area contributed by atoms with Gasteiger partial charge in [0.2, 0.25) is 0 Å². The van der Waals surface area contributed by atoms with Gasteiger partial charge in [-0.25, -0.2) is 4.79 Å². The predicted molar refractivity (Wildman–Crippen MR) is 93.3 cm³/mol. The van der Waals surface area contributed by atoms with Crippen LogP contribution < -0.4 is 5.32 Å². The summed E-state index contributed by atoms with van der Waals surface area (Å²) in [6.07, 6.45) is 0.0739. The molecule has 0 aromatic heterocycles. The van der Waals surface area contributed by atoms with Crippen LogP contribution >= 0.6 is 0 Å². The van der Waals surface area contributed by atoms with Crippen LogP contribution in [0.1, 0.15) is 23.8 Å². The smallest absolute Gasteiger partial charge is 0.324 e. The fourth-order valence-corrected chi connectivity index (χ4v) is 2.81. The number of carbonyl (C=O) groups is 1. The minimum absolute atomic E-state index is 0.0223. The molecule has 0 spiro atoms. The fourth-order valence-electron chi connectivity index (χ4n) is 2.81. The second kappa shape index (κ2) is 7.31. The van der Waals surface area contributed by atoms with Crippen LogP contribution in [-0.2, 0) is 4.74 Å². The highest BCUT2D eigenvalue weighted by atomic mass is 16.6. The molecule has 0 saturated carbocycles. The third-order valence-electron chi connectivity index (χ3n) is 4.12. The van der Waals surface area contributed by atoms with E-state index in [-0.39, 0.29) is 11.7 Å². The van der Waals surface area contributed by atoms with Crippen molar-refractivity contribution in [3.05, 3.63) is 69.8 Å². The maximum Gasteiger partial charge on any atom is 0.324 e. The number of ether oxygens (including phenoxy) is 1. The maximum atomic E-state index is 12.7. The summed E-state index contributed by atoms with van der Waals surface area (Å²) < 4.78 is 5.74. The Kier molecular flexibility index (Phi) is 4.95. The number of rotatable bonds is 3. The second-order valence-electron chi connectivity index (χ2n) is 5.87. The van der Waals surface area contributed by atoms with Crippen molar-refractivity contribution in [3.63, 3.8) is 0 Å². The predicted octanol–water partition coefficient (Wildman–Crippen LogP) is 3.86. The number of carbonyl (C=O) groups excluding carboxylic acids is 1. The number of nitro benzene ring substituents is 1. The maximum absolute atomic E-state index is 12.7. The molecule has 1 saturated heterocycles. The van der Waals surface area contributed by atoms with Crippen LogP contribution in [0.5, 0.6) is 0 Å². The van der Waals surface area contributed by atoms with Gasteiger partial charge in [0.15, 0.2) is 6.23 Å². The van der Waals surface area contributed by atoms with E-state index in [1.54, 1.807) is 17.0 Å². The van der Waals surface area contributed by atoms with Gasteiger partial charge in [-0.15, -0.1) is 0 Å². The molecule has 0 bridgehead atoms. The van der Waals surface area contributed by atoms with Crippen LogP contribution in [0.2, 0.25) is 0 Å². The lowest BCUT2D eigenvalue weighted by atomic mass is 10.1. The van der Waals surface area contributed by atoms with Crippen molar-refractivity contribution in [1.29, 1.82) is 0 Å². The number of aryl methyl sites for hydroxylation is 1. The van der Waals surface area contributed by atoms with Crippen molar-refractivity contribution < 1.29 is 14.5 Å². The van der Waals surface area contributed by atoms with E-state index in [0.717, 1.165) is 11.3 Å². The lowest BCUT2D eigenvalue weighted by Crippen LogP contribution is -2.43. The van der Waals surface area contributed by atoms with E-state index in [4.69, 9.17) is 4.74 Å². The number of anilines is 1. The van der Waals surface area contributed by atoms with E-state index in [0.29, 0.717) is 25.1 Å². The molecule has 1 aliphatic rings. The first-order chi connectivity index (χ1) is 12.1. The summed E-state index contributed by atoms with van der Waals surface area (Å²) >= 11 is 0. The molecule has 3 rings (SSSR count). The Morgan fingerprint density at radius 3 is 2.84 bits per heavy atom. The molecule has 1 heterocycles. The minimum Gasteiger partial charge on any atom is -0.354 e. The van der Waals surface area contributed by atoms with Gasteiger partial charge in [0.25, 0.3) is 5.69 Å². The zero-order valence-electron chi connectivity index (χ0n) is 13.8. The average Bonchev–Trinajstić information content (AvgIpc) is 2.63. The molecule has 7 nitrogen and oxygen atoms in total. The highest BCUT2D eigenvalue weighted by Crippen LogP contribution is 2.29. The number of nitrogens with one attached hydrogen (secondary N) is 1. The molecule has 1 N–H and O–H groups in total. The van der Waals surface area contributed by atoms with E-state index in [2.05, 4.69) is 5.32 Å². The van der Waals surface area contributed by atoms with Gasteiger partial charge in [-0.1, -0.05) is 30.3 Å². The number of nitrogens with zero attached hydrogens (tertiary/aromatic N) is 2. The number of urea groups is 1. The Balaban J connectivity index is 1.83.